The van der Waals surface area contributed by atoms with E-state index in [1.165, 1.54) is 18.3 Å². The van der Waals surface area contributed by atoms with E-state index in [1.807, 2.05) is 0 Å². The molecule has 0 aromatic carbocycles. The van der Waals surface area contributed by atoms with Crippen LogP contribution in [0.15, 0.2) is 11.4 Å². The predicted molar refractivity (Wildman–Crippen MR) is 39.1 cm³/mol. The van der Waals surface area contributed by atoms with Crippen molar-refractivity contribution in [2.24, 2.45) is 0 Å². The van der Waals surface area contributed by atoms with Gasteiger partial charge in [0.15, 0.2) is 15.6 Å². The summed E-state index contributed by atoms with van der Waals surface area (Å²) >= 11 is 1.28. The number of nitrogens with zero attached hydrogens (tertiary/aromatic N) is 2. The smallest absolute Gasteiger partial charge is 0.293 e. The molecule has 0 unspecified atom stereocenters. The van der Waals surface area contributed by atoms with E-state index < -0.39 is 0 Å². The first-order valence-corrected chi connectivity index (χ1v) is 3.57. The van der Waals surface area contributed by atoms with Crippen LogP contribution in [0.3, 0.4) is 0 Å². The minimum atomic E-state index is -0.0669. The standard InChI is InChI=1S/C6H5N2OS/c1-4(9)6-5(8-7)2-3-10-6/h2-3H,1H3/q+1. The van der Waals surface area contributed by atoms with E-state index in [0.29, 0.717) is 10.6 Å². The third kappa shape index (κ3) is 1.04. The Kier molecular flexibility index (Phi) is 1.78. The van der Waals surface area contributed by atoms with Gasteiger partial charge in [0.25, 0.3) is 0 Å². The molecule has 1 heterocycles. The summed E-state index contributed by atoms with van der Waals surface area (Å²) in [5.74, 6) is -0.0669. The second kappa shape index (κ2) is 2.58. The van der Waals surface area contributed by atoms with Crippen LogP contribution in [0.25, 0.3) is 4.98 Å². The molecule has 1 aromatic heterocycles. The number of Topliss-reactive ketones (excluding diaryl/α,β-unsaturated/α-hetero) is 1. The highest BCUT2D eigenvalue weighted by molar-refractivity contribution is 7.12. The quantitative estimate of drug-likeness (QED) is 0.459. The second-order valence-electron chi connectivity index (χ2n) is 1.79. The minimum absolute atomic E-state index is 0.0669. The summed E-state index contributed by atoms with van der Waals surface area (Å²) in [5.41, 5.74) is 0.359. The zero-order chi connectivity index (χ0) is 7.56. The third-order valence-corrected chi connectivity index (χ3v) is 2.08. The van der Waals surface area contributed by atoms with E-state index in [1.54, 1.807) is 11.4 Å². The van der Waals surface area contributed by atoms with Gasteiger partial charge in [0.1, 0.15) is 0 Å². The number of hydrogen-bond acceptors (Lipinski definition) is 3. The van der Waals surface area contributed by atoms with Gasteiger partial charge in [-0.2, -0.15) is 0 Å². The van der Waals surface area contributed by atoms with Gasteiger partial charge in [-0.25, -0.2) is 0 Å². The molecule has 0 radical (unpaired) electrons. The molecule has 0 aliphatic carbocycles. The topological polar surface area (TPSA) is 45.2 Å². The molecular weight excluding hydrogens is 148 g/mol. The Morgan fingerprint density at radius 2 is 2.50 bits per heavy atom. The molecule has 3 nitrogen and oxygen atoms in total. The van der Waals surface area contributed by atoms with Gasteiger partial charge < -0.3 is 0 Å². The molecule has 1 aromatic rings. The summed E-state index contributed by atoms with van der Waals surface area (Å²) in [7, 11) is 0. The van der Waals surface area contributed by atoms with Crippen LogP contribution in [0, 0.1) is 5.39 Å². The molecule has 0 aliphatic heterocycles. The van der Waals surface area contributed by atoms with Crippen molar-refractivity contribution in [3.05, 3.63) is 21.3 Å². The zero-order valence-electron chi connectivity index (χ0n) is 5.37. The summed E-state index contributed by atoms with van der Waals surface area (Å²) in [5, 5.41) is 10.0. The molecule has 10 heavy (non-hydrogen) atoms. The number of diazo groups is 1. The van der Waals surface area contributed by atoms with E-state index in [2.05, 4.69) is 4.98 Å². The molecule has 0 aliphatic rings. The predicted octanol–water partition coefficient (Wildman–Crippen LogP) is 2.44. The van der Waals surface area contributed by atoms with Gasteiger partial charge in [-0.15, -0.1) is 11.3 Å². The maximum absolute atomic E-state index is 10.7. The Morgan fingerprint density at radius 1 is 1.80 bits per heavy atom. The van der Waals surface area contributed by atoms with Crippen LogP contribution in [-0.4, -0.2) is 5.78 Å². The first kappa shape index (κ1) is 6.90. The molecule has 0 spiro atoms. The van der Waals surface area contributed by atoms with E-state index in [0.717, 1.165) is 0 Å². The molecular formula is C6H5N2OS+. The van der Waals surface area contributed by atoms with Crippen molar-refractivity contribution in [1.29, 1.82) is 5.39 Å². The fourth-order valence-corrected chi connectivity index (χ4v) is 1.37. The zero-order valence-corrected chi connectivity index (χ0v) is 6.18. The third-order valence-electron chi connectivity index (χ3n) is 1.07. The van der Waals surface area contributed by atoms with Gasteiger partial charge in [-0.1, -0.05) is 0 Å². The lowest BCUT2D eigenvalue weighted by molar-refractivity contribution is 0.102. The maximum Gasteiger partial charge on any atom is 0.406 e. The average molecular weight is 153 g/mol. The molecule has 0 N–H and O–H groups in total. The van der Waals surface area contributed by atoms with E-state index >= 15 is 0 Å². The molecule has 50 valence electrons. The normalized spacial score (nSPS) is 8.80. The fourth-order valence-electron chi connectivity index (χ4n) is 0.645. The lowest BCUT2D eigenvalue weighted by Crippen LogP contribution is -1.84. The van der Waals surface area contributed by atoms with Gasteiger partial charge in [-0.05, 0) is 5.38 Å². The van der Waals surface area contributed by atoms with E-state index in [4.69, 9.17) is 5.39 Å². The Labute approximate surface area is 61.9 Å². The van der Waals surface area contributed by atoms with Crippen LogP contribution < -0.4 is 0 Å². The summed E-state index contributed by atoms with van der Waals surface area (Å²) in [6, 6.07) is 1.60. The van der Waals surface area contributed by atoms with Gasteiger partial charge in [0, 0.05) is 13.0 Å². The fraction of sp³-hybridized carbons (Fsp3) is 0.167. The maximum atomic E-state index is 10.7. The summed E-state index contributed by atoms with van der Waals surface area (Å²) in [4.78, 5) is 14.2. The van der Waals surface area contributed by atoms with Crippen molar-refractivity contribution in [1.82, 2.24) is 0 Å². The first-order valence-electron chi connectivity index (χ1n) is 2.69. The van der Waals surface area contributed by atoms with Crippen LogP contribution in [0.4, 0.5) is 5.69 Å². The molecule has 0 fully saturated rings. The SMILES string of the molecule is CC(=O)c1sccc1[N+]#N. The summed E-state index contributed by atoms with van der Waals surface area (Å²) in [6.45, 7) is 1.44. The number of rotatable bonds is 1. The Hall–Kier alpha value is -1.21. The highest BCUT2D eigenvalue weighted by Gasteiger charge is 2.17. The van der Waals surface area contributed by atoms with Crippen LogP contribution in [0.5, 0.6) is 0 Å². The van der Waals surface area contributed by atoms with Gasteiger partial charge in [-0.3, -0.25) is 4.79 Å². The van der Waals surface area contributed by atoms with Crippen LogP contribution >= 0.6 is 11.3 Å². The lowest BCUT2D eigenvalue weighted by atomic mass is 10.3. The number of hydrogen-bond donors (Lipinski definition) is 0. The Morgan fingerprint density at radius 3 is 2.90 bits per heavy atom. The Bertz CT molecular complexity index is 297. The molecule has 0 atom stereocenters. The lowest BCUT2D eigenvalue weighted by Gasteiger charge is -1.77. The van der Waals surface area contributed by atoms with Crippen molar-refractivity contribution in [3.63, 3.8) is 0 Å². The molecule has 0 amide bonds. The minimum Gasteiger partial charge on any atom is -0.293 e. The van der Waals surface area contributed by atoms with Crippen LogP contribution in [0.1, 0.15) is 16.6 Å². The van der Waals surface area contributed by atoms with Crippen LogP contribution in [0.2, 0.25) is 0 Å². The molecule has 0 saturated carbocycles. The highest BCUT2D eigenvalue weighted by Crippen LogP contribution is 2.24. The molecule has 0 bridgehead atoms. The van der Waals surface area contributed by atoms with Crippen molar-refractivity contribution in [2.75, 3.05) is 0 Å². The van der Waals surface area contributed by atoms with Crippen molar-refractivity contribution < 1.29 is 4.79 Å². The summed E-state index contributed by atoms with van der Waals surface area (Å²) in [6.07, 6.45) is 0. The summed E-state index contributed by atoms with van der Waals surface area (Å²) < 4.78 is 0. The number of ketones is 1. The number of thiophene rings is 1. The average Bonchev–Trinajstić information content (AvgIpc) is 2.33. The van der Waals surface area contributed by atoms with Crippen molar-refractivity contribution in [3.8, 4) is 0 Å². The van der Waals surface area contributed by atoms with Gasteiger partial charge >= 0.3 is 5.69 Å². The molecule has 1 rings (SSSR count). The monoisotopic (exact) mass is 153 g/mol. The van der Waals surface area contributed by atoms with Crippen LogP contribution in [-0.2, 0) is 0 Å². The molecule has 0 saturated heterocycles. The first-order chi connectivity index (χ1) is 4.75. The van der Waals surface area contributed by atoms with Crippen molar-refractivity contribution >= 4 is 22.8 Å². The Balaban J connectivity index is 3.17. The second-order valence-corrected chi connectivity index (χ2v) is 2.71. The molecule has 4 heteroatoms. The number of carbonyl (C=O) groups is 1. The van der Waals surface area contributed by atoms with Crippen molar-refractivity contribution in [2.45, 2.75) is 6.92 Å². The van der Waals surface area contributed by atoms with E-state index in [9.17, 15) is 4.79 Å². The van der Waals surface area contributed by atoms with Gasteiger partial charge in [0.2, 0.25) is 5.39 Å². The number of carbonyl (C=O) groups excluding carboxylic acids is 1. The largest absolute Gasteiger partial charge is 0.406 e. The van der Waals surface area contributed by atoms with Gasteiger partial charge in [0.05, 0.1) is 0 Å². The highest BCUT2D eigenvalue weighted by atomic mass is 32.1. The van der Waals surface area contributed by atoms with E-state index in [-0.39, 0.29) is 5.78 Å².